The van der Waals surface area contributed by atoms with Gasteiger partial charge in [0.25, 0.3) is 0 Å². The first kappa shape index (κ1) is 16.7. The quantitative estimate of drug-likeness (QED) is 0.860. The van der Waals surface area contributed by atoms with Crippen LogP contribution in [0.4, 0.5) is 0 Å². The summed E-state index contributed by atoms with van der Waals surface area (Å²) in [5, 5.41) is 12.2. The van der Waals surface area contributed by atoms with Crippen molar-refractivity contribution in [1.82, 2.24) is 25.0 Å². The summed E-state index contributed by atoms with van der Waals surface area (Å²) >= 11 is 0. The van der Waals surface area contributed by atoms with E-state index in [1.165, 1.54) is 11.3 Å². The average molecular weight is 365 g/mol. The van der Waals surface area contributed by atoms with E-state index in [1.807, 2.05) is 6.92 Å². The third-order valence-corrected chi connectivity index (χ3v) is 6.68. The molecule has 9 heteroatoms. The molecule has 0 bridgehead atoms. The van der Waals surface area contributed by atoms with Crippen molar-refractivity contribution in [3.05, 3.63) is 17.1 Å². The van der Waals surface area contributed by atoms with Crippen LogP contribution in [0.15, 0.2) is 0 Å². The lowest BCUT2D eigenvalue weighted by molar-refractivity contribution is 0.128. The fourth-order valence-corrected chi connectivity index (χ4v) is 5.36. The number of ether oxygens (including phenoxy) is 1. The zero-order valence-corrected chi connectivity index (χ0v) is 15.2. The number of nitrogens with one attached hydrogen (secondary N) is 1. The fourth-order valence-electron chi connectivity index (χ4n) is 3.67. The zero-order chi connectivity index (χ0) is 17.4. The van der Waals surface area contributed by atoms with Crippen molar-refractivity contribution in [2.45, 2.75) is 51.7 Å². The van der Waals surface area contributed by atoms with Gasteiger partial charge in [0.2, 0.25) is 0 Å². The highest BCUT2D eigenvalue weighted by Gasteiger charge is 2.33. The highest BCUT2D eigenvalue weighted by Crippen LogP contribution is 2.32. The van der Waals surface area contributed by atoms with Crippen molar-refractivity contribution < 1.29 is 13.2 Å². The molecule has 0 spiro atoms. The molecule has 1 fully saturated rings. The maximum Gasteiger partial charge on any atom is 0.179 e. The molecule has 1 N–H and O–H groups in total. The Labute approximate surface area is 146 Å². The van der Waals surface area contributed by atoms with Crippen molar-refractivity contribution in [2.24, 2.45) is 0 Å². The molecule has 8 nitrogen and oxygen atoms in total. The van der Waals surface area contributed by atoms with Gasteiger partial charge < -0.3 is 4.74 Å². The van der Waals surface area contributed by atoms with E-state index in [0.29, 0.717) is 31.3 Å². The molecule has 0 amide bonds. The minimum atomic E-state index is -3.00. The van der Waals surface area contributed by atoms with E-state index < -0.39 is 9.84 Å². The van der Waals surface area contributed by atoms with Crippen LogP contribution in [-0.4, -0.2) is 51.5 Å². The summed E-state index contributed by atoms with van der Waals surface area (Å²) in [6.45, 7) is 2.83. The predicted octanol–water partition coefficient (Wildman–Crippen LogP) is 1.44. The van der Waals surface area contributed by atoms with Crippen molar-refractivity contribution in [3.8, 4) is 11.5 Å². The first-order valence-corrected chi connectivity index (χ1v) is 10.7. The van der Waals surface area contributed by atoms with Gasteiger partial charge in [0.05, 0.1) is 17.5 Å². The van der Waals surface area contributed by atoms with Crippen molar-refractivity contribution in [3.63, 3.8) is 0 Å². The second kappa shape index (κ2) is 6.53. The summed E-state index contributed by atoms with van der Waals surface area (Å²) in [6.07, 6.45) is 4.84. The molecule has 1 aliphatic carbocycles. The number of rotatable bonds is 5. The van der Waals surface area contributed by atoms with E-state index >= 15 is 0 Å². The lowest BCUT2D eigenvalue weighted by atomic mass is 9.96. The summed E-state index contributed by atoms with van der Waals surface area (Å²) in [4.78, 5) is 4.64. The van der Waals surface area contributed by atoms with Crippen LogP contribution in [0, 0.1) is 0 Å². The first-order chi connectivity index (χ1) is 12.1. The van der Waals surface area contributed by atoms with Gasteiger partial charge in [-0.25, -0.2) is 18.1 Å². The summed E-state index contributed by atoms with van der Waals surface area (Å²) in [5.41, 5.74) is 3.18. The second-order valence-corrected chi connectivity index (χ2v) is 8.96. The number of H-pyrrole nitrogens is 1. The van der Waals surface area contributed by atoms with Crippen LogP contribution < -0.4 is 0 Å². The Morgan fingerprint density at radius 2 is 2.16 bits per heavy atom. The summed E-state index contributed by atoms with van der Waals surface area (Å²) in [7, 11) is -3.00. The normalized spacial score (nSPS) is 22.2. The molecule has 1 unspecified atom stereocenters. The molecule has 2 aromatic rings. The molecule has 3 heterocycles. The Hall–Kier alpha value is -1.74. The number of aromatic nitrogens is 5. The fraction of sp³-hybridized carbons (Fsp3) is 0.688. The minimum absolute atomic E-state index is 0.115. The Morgan fingerprint density at radius 3 is 2.92 bits per heavy atom. The summed E-state index contributed by atoms with van der Waals surface area (Å²) in [6, 6.07) is -0.182. The number of sulfone groups is 1. The van der Waals surface area contributed by atoms with Crippen LogP contribution >= 0.6 is 0 Å². The summed E-state index contributed by atoms with van der Waals surface area (Å²) in [5.74, 6) is 1.56. The van der Waals surface area contributed by atoms with E-state index in [9.17, 15) is 8.42 Å². The van der Waals surface area contributed by atoms with E-state index in [1.54, 1.807) is 4.68 Å². The van der Waals surface area contributed by atoms with Crippen LogP contribution in [0.3, 0.4) is 0 Å². The molecular formula is C16H23N5O3S. The van der Waals surface area contributed by atoms with Crippen LogP contribution in [0.1, 0.15) is 49.3 Å². The van der Waals surface area contributed by atoms with Crippen LogP contribution in [-0.2, 0) is 34.0 Å². The zero-order valence-electron chi connectivity index (χ0n) is 14.4. The van der Waals surface area contributed by atoms with E-state index in [2.05, 4.69) is 20.3 Å². The molecule has 1 saturated heterocycles. The van der Waals surface area contributed by atoms with Crippen LogP contribution in [0.5, 0.6) is 0 Å². The third kappa shape index (κ3) is 3.22. The lowest BCUT2D eigenvalue weighted by Crippen LogP contribution is -2.15. The molecule has 0 radical (unpaired) electrons. The van der Waals surface area contributed by atoms with Gasteiger partial charge >= 0.3 is 0 Å². The van der Waals surface area contributed by atoms with Gasteiger partial charge in [-0.15, -0.1) is 0 Å². The first-order valence-electron chi connectivity index (χ1n) is 8.87. The van der Waals surface area contributed by atoms with Crippen LogP contribution in [0.2, 0.25) is 0 Å². The molecule has 2 aliphatic rings. The van der Waals surface area contributed by atoms with Gasteiger partial charge in [-0.1, -0.05) is 0 Å². The van der Waals surface area contributed by atoms with Gasteiger partial charge in [-0.05, 0) is 39.0 Å². The molecule has 0 saturated carbocycles. The molecule has 25 heavy (non-hydrogen) atoms. The third-order valence-electron chi connectivity index (χ3n) is 4.93. The Morgan fingerprint density at radius 1 is 1.32 bits per heavy atom. The molecule has 1 aliphatic heterocycles. The maximum absolute atomic E-state index is 11.9. The van der Waals surface area contributed by atoms with Crippen molar-refractivity contribution in [1.29, 1.82) is 0 Å². The number of aromatic amines is 1. The van der Waals surface area contributed by atoms with E-state index in [-0.39, 0.29) is 17.5 Å². The highest BCUT2D eigenvalue weighted by atomic mass is 32.2. The van der Waals surface area contributed by atoms with E-state index in [0.717, 1.165) is 31.4 Å². The smallest absolute Gasteiger partial charge is 0.179 e. The number of hydrogen-bond donors (Lipinski definition) is 1. The molecular weight excluding hydrogens is 342 g/mol. The molecule has 4 rings (SSSR count). The Bertz CT molecular complexity index is 870. The minimum Gasteiger partial charge on any atom is -0.374 e. The van der Waals surface area contributed by atoms with Gasteiger partial charge in [0.1, 0.15) is 12.3 Å². The topological polar surface area (TPSA) is 103 Å². The van der Waals surface area contributed by atoms with Gasteiger partial charge in [0.15, 0.2) is 21.5 Å². The lowest BCUT2D eigenvalue weighted by Gasteiger charge is -2.13. The SMILES string of the molecule is CCOCc1nc(-c2n[nH]c3c2CCCC3)n(C2CCS(=O)(=O)C2)n1. The number of hydrogen-bond acceptors (Lipinski definition) is 6. The number of fused-ring (bicyclic) bond motifs is 1. The Balaban J connectivity index is 1.75. The molecule has 2 aromatic heterocycles. The number of nitrogens with zero attached hydrogens (tertiary/aromatic N) is 4. The standard InChI is InChI=1S/C16H23N5O3S/c1-2-24-9-14-17-16(15-12-5-3-4-6-13(12)18-19-15)21(20-14)11-7-8-25(22,23)10-11/h11H,2-10H2,1H3,(H,18,19). The predicted molar refractivity (Wildman–Crippen MR) is 91.9 cm³/mol. The molecule has 1 atom stereocenters. The van der Waals surface area contributed by atoms with Crippen molar-refractivity contribution in [2.75, 3.05) is 18.1 Å². The maximum atomic E-state index is 11.9. The largest absolute Gasteiger partial charge is 0.374 e. The van der Waals surface area contributed by atoms with Gasteiger partial charge in [-0.3, -0.25) is 5.10 Å². The summed E-state index contributed by atoms with van der Waals surface area (Å²) < 4.78 is 31.0. The van der Waals surface area contributed by atoms with E-state index in [4.69, 9.17) is 4.74 Å². The van der Waals surface area contributed by atoms with Gasteiger partial charge in [-0.2, -0.15) is 10.2 Å². The van der Waals surface area contributed by atoms with Gasteiger partial charge in [0, 0.05) is 17.9 Å². The molecule has 0 aromatic carbocycles. The average Bonchev–Trinajstić information content (AvgIpc) is 3.28. The second-order valence-electron chi connectivity index (χ2n) is 6.73. The highest BCUT2D eigenvalue weighted by molar-refractivity contribution is 7.91. The van der Waals surface area contributed by atoms with Crippen molar-refractivity contribution >= 4 is 9.84 Å². The Kier molecular flexibility index (Phi) is 4.36. The number of aryl methyl sites for hydroxylation is 1. The molecule has 136 valence electrons. The monoisotopic (exact) mass is 365 g/mol. The van der Waals surface area contributed by atoms with Crippen LogP contribution in [0.25, 0.3) is 11.5 Å².